The fraction of sp³-hybridized carbons (Fsp3) is 0.467. The summed E-state index contributed by atoms with van der Waals surface area (Å²) in [5.41, 5.74) is 0.672. The van der Waals surface area contributed by atoms with Crippen molar-refractivity contribution in [2.45, 2.75) is 26.3 Å². The number of rotatable bonds is 8. The maximum Gasteiger partial charge on any atom is 0.244 e. The van der Waals surface area contributed by atoms with Crippen LogP contribution in [0.15, 0.2) is 22.7 Å². The Hall–Kier alpha value is -2.13. The van der Waals surface area contributed by atoms with Crippen LogP contribution in [-0.4, -0.2) is 38.5 Å². The van der Waals surface area contributed by atoms with Crippen molar-refractivity contribution in [1.29, 1.82) is 0 Å². The van der Waals surface area contributed by atoms with Gasteiger partial charge in [0.1, 0.15) is 0 Å². The fourth-order valence-electron chi connectivity index (χ4n) is 2.15. The maximum absolute atomic E-state index is 11.8. The molecule has 0 bridgehead atoms. The van der Waals surface area contributed by atoms with Crippen LogP contribution in [0, 0.1) is 0 Å². The Bertz CT molecular complexity index is 788. The van der Waals surface area contributed by atoms with Gasteiger partial charge in [0.25, 0.3) is 0 Å². The van der Waals surface area contributed by atoms with Gasteiger partial charge in [0.05, 0.1) is 26.0 Å². The van der Waals surface area contributed by atoms with E-state index in [1.54, 1.807) is 39.2 Å². The molecule has 0 amide bonds. The molecule has 2 aromatic rings. The minimum atomic E-state index is -3.37. The number of methoxy groups -OCH3 is 2. The zero-order chi connectivity index (χ0) is 17.7. The van der Waals surface area contributed by atoms with E-state index in [1.165, 1.54) is 7.11 Å². The average molecular weight is 355 g/mol. The lowest BCUT2D eigenvalue weighted by Gasteiger charge is -2.09. The maximum atomic E-state index is 11.8. The molecule has 0 aliphatic heterocycles. The number of ether oxygens (including phenoxy) is 2. The largest absolute Gasteiger partial charge is 0.493 e. The van der Waals surface area contributed by atoms with Gasteiger partial charge < -0.3 is 14.0 Å². The molecule has 9 heteroatoms. The highest BCUT2D eigenvalue weighted by molar-refractivity contribution is 7.89. The molecule has 132 valence electrons. The van der Waals surface area contributed by atoms with Crippen LogP contribution in [0.2, 0.25) is 0 Å². The standard InChI is InChI=1S/C15H21N3O5S/c1-5-8-24(19,20)18-10(2)15-16-14(17-23-15)11-6-7-12(21-3)13(9-11)22-4/h6-7,9-10,18H,5,8H2,1-4H3/t10-/m0/s1. The van der Waals surface area contributed by atoms with E-state index in [-0.39, 0.29) is 11.6 Å². The number of hydrogen-bond donors (Lipinski definition) is 1. The number of sulfonamides is 1. The van der Waals surface area contributed by atoms with Gasteiger partial charge in [-0.3, -0.25) is 0 Å². The smallest absolute Gasteiger partial charge is 0.244 e. The number of nitrogens with one attached hydrogen (secondary N) is 1. The first-order valence-corrected chi connectivity index (χ1v) is 9.11. The highest BCUT2D eigenvalue weighted by Gasteiger charge is 2.21. The van der Waals surface area contributed by atoms with Gasteiger partial charge in [-0.05, 0) is 31.5 Å². The summed E-state index contributed by atoms with van der Waals surface area (Å²) in [4.78, 5) is 4.25. The van der Waals surface area contributed by atoms with Gasteiger partial charge in [0.2, 0.25) is 21.7 Å². The molecule has 2 rings (SSSR count). The van der Waals surface area contributed by atoms with Gasteiger partial charge in [0, 0.05) is 5.56 Å². The molecule has 0 spiro atoms. The molecule has 8 nitrogen and oxygen atoms in total. The first kappa shape index (κ1) is 18.2. The van der Waals surface area contributed by atoms with Gasteiger partial charge in [-0.1, -0.05) is 12.1 Å². The zero-order valence-corrected chi connectivity index (χ0v) is 14.9. The summed E-state index contributed by atoms with van der Waals surface area (Å²) in [6.07, 6.45) is 0.531. The lowest BCUT2D eigenvalue weighted by atomic mass is 10.2. The second-order valence-electron chi connectivity index (χ2n) is 5.18. The summed E-state index contributed by atoms with van der Waals surface area (Å²) in [6.45, 7) is 3.45. The van der Waals surface area contributed by atoms with Crippen molar-refractivity contribution in [3.8, 4) is 22.9 Å². The van der Waals surface area contributed by atoms with Crippen molar-refractivity contribution in [2.24, 2.45) is 0 Å². The van der Waals surface area contributed by atoms with E-state index in [4.69, 9.17) is 14.0 Å². The van der Waals surface area contributed by atoms with Crippen molar-refractivity contribution in [3.63, 3.8) is 0 Å². The van der Waals surface area contributed by atoms with Crippen LogP contribution >= 0.6 is 0 Å². The van der Waals surface area contributed by atoms with Gasteiger partial charge in [0.15, 0.2) is 11.5 Å². The molecular weight excluding hydrogens is 334 g/mol. The predicted octanol–water partition coefficient (Wildman–Crippen LogP) is 2.14. The van der Waals surface area contributed by atoms with Crippen LogP contribution in [0.1, 0.15) is 32.2 Å². The third-order valence-electron chi connectivity index (χ3n) is 3.28. The highest BCUT2D eigenvalue weighted by Crippen LogP contribution is 2.31. The van der Waals surface area contributed by atoms with Crippen LogP contribution in [0.25, 0.3) is 11.4 Å². The van der Waals surface area contributed by atoms with E-state index < -0.39 is 16.1 Å². The molecule has 1 atom stereocenters. The molecule has 0 aliphatic rings. The molecule has 1 heterocycles. The van der Waals surface area contributed by atoms with E-state index in [9.17, 15) is 8.42 Å². The van der Waals surface area contributed by atoms with Crippen LogP contribution < -0.4 is 14.2 Å². The Kier molecular flexibility index (Phi) is 5.79. The molecule has 24 heavy (non-hydrogen) atoms. The van der Waals surface area contributed by atoms with E-state index >= 15 is 0 Å². The van der Waals surface area contributed by atoms with Gasteiger partial charge >= 0.3 is 0 Å². The Labute approximate surface area is 141 Å². The lowest BCUT2D eigenvalue weighted by Crippen LogP contribution is -2.29. The van der Waals surface area contributed by atoms with Crippen LogP contribution in [0.5, 0.6) is 11.5 Å². The summed E-state index contributed by atoms with van der Waals surface area (Å²) in [5.74, 6) is 1.71. The molecule has 0 aliphatic carbocycles. The fourth-order valence-corrected chi connectivity index (χ4v) is 3.45. The predicted molar refractivity (Wildman–Crippen MR) is 88.5 cm³/mol. The van der Waals surface area contributed by atoms with Gasteiger partial charge in [-0.2, -0.15) is 4.98 Å². The zero-order valence-electron chi connectivity index (χ0n) is 14.1. The SMILES string of the molecule is CCCS(=O)(=O)N[C@@H](C)c1nc(-c2ccc(OC)c(OC)c2)no1. The van der Waals surface area contributed by atoms with Crippen molar-refractivity contribution in [1.82, 2.24) is 14.9 Å². The van der Waals surface area contributed by atoms with Gasteiger partial charge in [-0.15, -0.1) is 0 Å². The Morgan fingerprint density at radius 2 is 1.96 bits per heavy atom. The highest BCUT2D eigenvalue weighted by atomic mass is 32.2. The molecule has 1 N–H and O–H groups in total. The summed E-state index contributed by atoms with van der Waals surface area (Å²) in [7, 11) is -0.283. The molecule has 1 aromatic carbocycles. The van der Waals surface area contributed by atoms with Crippen molar-refractivity contribution < 1.29 is 22.4 Å². The number of benzene rings is 1. The van der Waals surface area contributed by atoms with E-state index in [0.717, 1.165) is 0 Å². The topological polar surface area (TPSA) is 104 Å². The molecular formula is C15H21N3O5S. The van der Waals surface area contributed by atoms with E-state index in [2.05, 4.69) is 14.9 Å². The van der Waals surface area contributed by atoms with Crippen LogP contribution in [0.4, 0.5) is 0 Å². The number of aromatic nitrogens is 2. The first-order chi connectivity index (χ1) is 11.4. The molecule has 0 unspecified atom stereocenters. The Balaban J connectivity index is 2.21. The first-order valence-electron chi connectivity index (χ1n) is 7.46. The van der Waals surface area contributed by atoms with Crippen molar-refractivity contribution >= 4 is 10.0 Å². The quantitative estimate of drug-likeness (QED) is 0.773. The Morgan fingerprint density at radius 1 is 1.25 bits per heavy atom. The minimum Gasteiger partial charge on any atom is -0.493 e. The number of nitrogens with zero attached hydrogens (tertiary/aromatic N) is 2. The average Bonchev–Trinajstić information content (AvgIpc) is 3.03. The monoisotopic (exact) mass is 355 g/mol. The third-order valence-corrected chi connectivity index (χ3v) is 4.94. The molecule has 0 saturated carbocycles. The van der Waals surface area contributed by atoms with Crippen molar-refractivity contribution in [3.05, 3.63) is 24.1 Å². The Morgan fingerprint density at radius 3 is 2.58 bits per heavy atom. The van der Waals surface area contributed by atoms with Gasteiger partial charge in [-0.25, -0.2) is 13.1 Å². The summed E-state index contributed by atoms with van der Waals surface area (Å²) >= 11 is 0. The summed E-state index contributed by atoms with van der Waals surface area (Å²) in [5, 5.41) is 3.90. The third kappa shape index (κ3) is 4.24. The van der Waals surface area contributed by atoms with E-state index in [1.807, 2.05) is 0 Å². The normalized spacial score (nSPS) is 12.8. The number of hydrogen-bond acceptors (Lipinski definition) is 7. The summed E-state index contributed by atoms with van der Waals surface area (Å²) < 4.78 is 41.7. The van der Waals surface area contributed by atoms with E-state index in [0.29, 0.717) is 29.3 Å². The minimum absolute atomic E-state index is 0.0496. The molecule has 0 radical (unpaired) electrons. The van der Waals surface area contributed by atoms with Crippen LogP contribution in [0.3, 0.4) is 0 Å². The molecule has 0 fully saturated rings. The van der Waals surface area contributed by atoms with Crippen LogP contribution in [-0.2, 0) is 10.0 Å². The molecule has 0 saturated heterocycles. The second-order valence-corrected chi connectivity index (χ2v) is 7.06. The summed E-state index contributed by atoms with van der Waals surface area (Å²) in [6, 6.07) is 4.61. The second kappa shape index (κ2) is 7.63. The van der Waals surface area contributed by atoms with Crippen molar-refractivity contribution in [2.75, 3.05) is 20.0 Å². The molecule has 1 aromatic heterocycles. The lowest BCUT2D eigenvalue weighted by molar-refractivity contribution is 0.353.